The number of pyridine rings is 1. The van der Waals surface area contributed by atoms with E-state index >= 15 is 0 Å². The Kier molecular flexibility index (Phi) is 6.29. The van der Waals surface area contributed by atoms with Crippen LogP contribution in [0.1, 0.15) is 43.6 Å². The highest BCUT2D eigenvalue weighted by Crippen LogP contribution is 2.23. The quantitative estimate of drug-likeness (QED) is 0.608. The first-order valence-electron chi connectivity index (χ1n) is 10.4. The lowest BCUT2D eigenvalue weighted by molar-refractivity contribution is -0.135. The molecule has 1 fully saturated rings. The largest absolute Gasteiger partial charge is 0.340 e. The van der Waals surface area contributed by atoms with Crippen molar-refractivity contribution in [3.63, 3.8) is 0 Å². The van der Waals surface area contributed by atoms with Crippen LogP contribution in [0.5, 0.6) is 0 Å². The third-order valence-corrected chi connectivity index (χ3v) is 5.50. The molecule has 1 aromatic carbocycles. The van der Waals surface area contributed by atoms with E-state index in [9.17, 15) is 4.79 Å². The van der Waals surface area contributed by atoms with E-state index in [0.29, 0.717) is 30.6 Å². The summed E-state index contributed by atoms with van der Waals surface area (Å²) < 4.78 is 5.33. The Bertz CT molecular complexity index is 911. The Morgan fingerprint density at radius 1 is 1.10 bits per heavy atom. The number of aryl methyl sites for hydroxylation is 2. The summed E-state index contributed by atoms with van der Waals surface area (Å²) in [4.78, 5) is 23.4. The van der Waals surface area contributed by atoms with Crippen LogP contribution in [-0.4, -0.2) is 38.5 Å². The van der Waals surface area contributed by atoms with E-state index in [2.05, 4.69) is 44.3 Å². The number of hydrogen-bond donors (Lipinski definition) is 0. The summed E-state index contributed by atoms with van der Waals surface area (Å²) in [7, 11) is 0. The molecule has 2 aromatic heterocycles. The van der Waals surface area contributed by atoms with Crippen LogP contribution in [0.4, 0.5) is 0 Å². The number of hydrogen-bond acceptors (Lipinski definition) is 5. The van der Waals surface area contributed by atoms with E-state index < -0.39 is 0 Å². The van der Waals surface area contributed by atoms with Gasteiger partial charge in [0.25, 0.3) is 0 Å². The van der Waals surface area contributed by atoms with E-state index in [4.69, 9.17) is 4.52 Å². The summed E-state index contributed by atoms with van der Waals surface area (Å²) in [6.07, 6.45) is 9.66. The average Bonchev–Trinajstić information content (AvgIpc) is 3.27. The predicted molar refractivity (Wildman–Crippen MR) is 110 cm³/mol. The van der Waals surface area contributed by atoms with Crippen LogP contribution in [0.25, 0.3) is 11.4 Å². The van der Waals surface area contributed by atoms with E-state index in [1.54, 1.807) is 12.4 Å². The van der Waals surface area contributed by atoms with Crippen molar-refractivity contribution in [2.75, 3.05) is 6.54 Å². The maximum Gasteiger partial charge on any atom is 0.227 e. The highest BCUT2D eigenvalue weighted by Gasteiger charge is 2.26. The Balaban J connectivity index is 1.32. The van der Waals surface area contributed by atoms with Crippen LogP contribution in [0.3, 0.4) is 0 Å². The third-order valence-electron chi connectivity index (χ3n) is 5.50. The third kappa shape index (κ3) is 5.08. The second-order valence-electron chi connectivity index (χ2n) is 7.51. The monoisotopic (exact) mass is 390 g/mol. The molecule has 0 saturated carbocycles. The number of nitrogens with zero attached hydrogens (tertiary/aromatic N) is 4. The van der Waals surface area contributed by atoms with Gasteiger partial charge in [0.15, 0.2) is 0 Å². The summed E-state index contributed by atoms with van der Waals surface area (Å²) >= 11 is 0. The van der Waals surface area contributed by atoms with Gasteiger partial charge in [0.05, 0.1) is 0 Å². The number of aromatic nitrogens is 3. The number of rotatable bonds is 7. The summed E-state index contributed by atoms with van der Waals surface area (Å²) in [6.45, 7) is 0.850. The minimum Gasteiger partial charge on any atom is -0.340 e. The van der Waals surface area contributed by atoms with Gasteiger partial charge < -0.3 is 9.42 Å². The topological polar surface area (TPSA) is 72.1 Å². The molecule has 0 radical (unpaired) electrons. The second-order valence-corrected chi connectivity index (χ2v) is 7.51. The smallest absolute Gasteiger partial charge is 0.227 e. The molecule has 0 N–H and O–H groups in total. The zero-order chi connectivity index (χ0) is 19.9. The lowest BCUT2D eigenvalue weighted by Gasteiger charge is -2.36. The van der Waals surface area contributed by atoms with Gasteiger partial charge in [-0.3, -0.25) is 9.78 Å². The molecule has 6 nitrogen and oxygen atoms in total. The lowest BCUT2D eigenvalue weighted by Crippen LogP contribution is -2.44. The first-order valence-corrected chi connectivity index (χ1v) is 10.4. The van der Waals surface area contributed by atoms with Crippen LogP contribution >= 0.6 is 0 Å². The molecule has 4 rings (SSSR count). The average molecular weight is 390 g/mol. The van der Waals surface area contributed by atoms with E-state index in [0.717, 1.165) is 37.8 Å². The summed E-state index contributed by atoms with van der Waals surface area (Å²) in [5, 5.41) is 4.00. The van der Waals surface area contributed by atoms with Crippen LogP contribution in [0, 0.1) is 0 Å². The molecule has 0 aliphatic carbocycles. The van der Waals surface area contributed by atoms with Crippen molar-refractivity contribution in [2.45, 2.75) is 51.0 Å². The Morgan fingerprint density at radius 3 is 2.83 bits per heavy atom. The number of piperidine rings is 1. The van der Waals surface area contributed by atoms with Gasteiger partial charge in [-0.25, -0.2) is 0 Å². The Labute approximate surface area is 171 Å². The van der Waals surface area contributed by atoms with Crippen molar-refractivity contribution in [3.8, 4) is 11.4 Å². The maximum atomic E-state index is 12.9. The molecular weight excluding hydrogens is 364 g/mol. The van der Waals surface area contributed by atoms with Crippen molar-refractivity contribution in [3.05, 3.63) is 66.3 Å². The molecule has 1 amide bonds. The molecule has 0 unspecified atom stereocenters. The minimum absolute atomic E-state index is 0.184. The second kappa shape index (κ2) is 9.45. The van der Waals surface area contributed by atoms with E-state index in [1.807, 2.05) is 18.2 Å². The summed E-state index contributed by atoms with van der Waals surface area (Å²) in [5.41, 5.74) is 2.14. The number of amides is 1. The SMILES string of the molecule is O=C(CCc1nc(-c2cccnc2)no1)N1CCCC[C@@H]1CCc1ccccc1. The Morgan fingerprint density at radius 2 is 2.00 bits per heavy atom. The molecule has 6 heteroatoms. The van der Waals surface area contributed by atoms with Crippen LogP contribution < -0.4 is 0 Å². The van der Waals surface area contributed by atoms with Crippen molar-refractivity contribution in [1.29, 1.82) is 0 Å². The molecule has 1 aliphatic heterocycles. The molecule has 150 valence electrons. The fourth-order valence-corrected chi connectivity index (χ4v) is 3.93. The van der Waals surface area contributed by atoms with Crippen molar-refractivity contribution in [2.24, 2.45) is 0 Å². The standard InChI is InChI=1S/C23H26N4O2/c28-22(14-13-21-25-23(26-29-21)19-9-6-15-24-17-19)27-16-5-4-10-20(27)12-11-18-7-2-1-3-8-18/h1-3,6-9,15,17,20H,4-5,10-14,16H2/t20-/m1/s1. The summed E-state index contributed by atoms with van der Waals surface area (Å²) in [6, 6.07) is 14.5. The molecule has 0 bridgehead atoms. The minimum atomic E-state index is 0.184. The van der Waals surface area contributed by atoms with Gasteiger partial charge in [-0.2, -0.15) is 4.98 Å². The van der Waals surface area contributed by atoms with Gasteiger partial charge in [-0.05, 0) is 49.8 Å². The van der Waals surface area contributed by atoms with E-state index in [-0.39, 0.29) is 5.91 Å². The molecule has 3 aromatic rings. The maximum absolute atomic E-state index is 12.9. The number of carbonyl (C=O) groups excluding carboxylic acids is 1. The molecule has 3 heterocycles. The van der Waals surface area contributed by atoms with E-state index in [1.165, 1.54) is 12.0 Å². The Hall–Kier alpha value is -3.02. The first-order chi connectivity index (χ1) is 14.3. The van der Waals surface area contributed by atoms with Gasteiger partial charge in [0, 0.05) is 43.4 Å². The lowest BCUT2D eigenvalue weighted by atomic mass is 9.95. The van der Waals surface area contributed by atoms with Gasteiger partial charge in [0.1, 0.15) is 0 Å². The molecular formula is C23H26N4O2. The first kappa shape index (κ1) is 19.3. The highest BCUT2D eigenvalue weighted by molar-refractivity contribution is 5.76. The number of carbonyl (C=O) groups is 1. The van der Waals surface area contributed by atoms with Gasteiger partial charge in [-0.15, -0.1) is 0 Å². The van der Waals surface area contributed by atoms with Gasteiger partial charge in [0.2, 0.25) is 17.6 Å². The summed E-state index contributed by atoms with van der Waals surface area (Å²) in [5.74, 6) is 1.19. The van der Waals surface area contributed by atoms with Crippen molar-refractivity contribution >= 4 is 5.91 Å². The fourth-order valence-electron chi connectivity index (χ4n) is 3.93. The molecule has 1 aliphatic rings. The molecule has 1 saturated heterocycles. The van der Waals surface area contributed by atoms with Gasteiger partial charge in [-0.1, -0.05) is 35.5 Å². The normalized spacial score (nSPS) is 16.7. The number of benzene rings is 1. The van der Waals surface area contributed by atoms with Crippen molar-refractivity contribution in [1.82, 2.24) is 20.0 Å². The predicted octanol–water partition coefficient (Wildman–Crippen LogP) is 4.08. The highest BCUT2D eigenvalue weighted by atomic mass is 16.5. The molecule has 29 heavy (non-hydrogen) atoms. The molecule has 1 atom stereocenters. The number of likely N-dealkylation sites (tertiary alicyclic amines) is 1. The van der Waals surface area contributed by atoms with Crippen LogP contribution in [0.2, 0.25) is 0 Å². The van der Waals surface area contributed by atoms with Gasteiger partial charge >= 0.3 is 0 Å². The van der Waals surface area contributed by atoms with Crippen LogP contribution in [-0.2, 0) is 17.6 Å². The fraction of sp³-hybridized carbons (Fsp3) is 0.391. The van der Waals surface area contributed by atoms with Crippen LogP contribution in [0.15, 0.2) is 59.4 Å². The zero-order valence-electron chi connectivity index (χ0n) is 16.5. The zero-order valence-corrected chi connectivity index (χ0v) is 16.5. The van der Waals surface area contributed by atoms with Crippen molar-refractivity contribution < 1.29 is 9.32 Å². The molecule has 0 spiro atoms.